The molecule has 1 N–H and O–H groups in total. The van der Waals surface area contributed by atoms with Crippen molar-refractivity contribution in [1.82, 2.24) is 20.0 Å². The van der Waals surface area contributed by atoms with Crippen molar-refractivity contribution in [3.8, 4) is 0 Å². The Labute approximate surface area is 118 Å². The van der Waals surface area contributed by atoms with Crippen LogP contribution in [0.25, 0.3) is 0 Å². The van der Waals surface area contributed by atoms with Gasteiger partial charge in [0.15, 0.2) is 0 Å². The van der Waals surface area contributed by atoms with E-state index in [1.807, 2.05) is 11.6 Å². The van der Waals surface area contributed by atoms with Gasteiger partial charge in [-0.1, -0.05) is 25.2 Å². The summed E-state index contributed by atoms with van der Waals surface area (Å²) in [5.41, 5.74) is 3.62. The maximum Gasteiger partial charge on any atom is 0.205 e. The van der Waals surface area contributed by atoms with Gasteiger partial charge in [-0.15, -0.1) is 10.2 Å². The van der Waals surface area contributed by atoms with Gasteiger partial charge >= 0.3 is 0 Å². The van der Waals surface area contributed by atoms with E-state index in [1.54, 1.807) is 11.3 Å². The summed E-state index contributed by atoms with van der Waals surface area (Å²) in [4.78, 5) is 0. The van der Waals surface area contributed by atoms with E-state index in [2.05, 4.69) is 48.3 Å². The zero-order valence-corrected chi connectivity index (χ0v) is 13.0. The van der Waals surface area contributed by atoms with Gasteiger partial charge in [0.2, 0.25) is 5.13 Å². The molecule has 104 valence electrons. The zero-order valence-electron chi connectivity index (χ0n) is 12.2. The number of aromatic nitrogens is 4. The monoisotopic (exact) mass is 279 g/mol. The van der Waals surface area contributed by atoms with Crippen LogP contribution in [0.15, 0.2) is 0 Å². The molecule has 0 radical (unpaired) electrons. The summed E-state index contributed by atoms with van der Waals surface area (Å²) in [5.74, 6) is 0.437. The van der Waals surface area contributed by atoms with Crippen LogP contribution in [0.5, 0.6) is 0 Å². The number of nitrogens with zero attached hydrogens (tertiary/aromatic N) is 4. The second-order valence-electron chi connectivity index (χ2n) is 5.05. The average molecular weight is 279 g/mol. The van der Waals surface area contributed by atoms with Crippen LogP contribution in [0.1, 0.15) is 41.7 Å². The Morgan fingerprint density at radius 2 is 1.95 bits per heavy atom. The lowest BCUT2D eigenvalue weighted by Crippen LogP contribution is -2.12. The Morgan fingerprint density at radius 3 is 2.47 bits per heavy atom. The van der Waals surface area contributed by atoms with E-state index in [-0.39, 0.29) is 0 Å². The molecule has 0 fully saturated rings. The highest BCUT2D eigenvalue weighted by molar-refractivity contribution is 7.15. The summed E-state index contributed by atoms with van der Waals surface area (Å²) in [6, 6.07) is 0. The van der Waals surface area contributed by atoms with Crippen LogP contribution in [0.4, 0.5) is 5.13 Å². The van der Waals surface area contributed by atoms with Crippen molar-refractivity contribution in [2.45, 2.75) is 47.1 Å². The van der Waals surface area contributed by atoms with Crippen molar-refractivity contribution in [1.29, 1.82) is 0 Å². The van der Waals surface area contributed by atoms with Gasteiger partial charge in [0.05, 0.1) is 12.2 Å². The van der Waals surface area contributed by atoms with E-state index >= 15 is 0 Å². The van der Waals surface area contributed by atoms with Crippen molar-refractivity contribution in [3.05, 3.63) is 22.0 Å². The van der Waals surface area contributed by atoms with E-state index in [4.69, 9.17) is 0 Å². The van der Waals surface area contributed by atoms with Crippen LogP contribution in [0.2, 0.25) is 0 Å². The Kier molecular flexibility index (Phi) is 4.19. The second-order valence-corrected chi connectivity index (χ2v) is 6.05. The molecule has 5 nitrogen and oxygen atoms in total. The third-order valence-corrected chi connectivity index (χ3v) is 4.46. The fraction of sp³-hybridized carbons (Fsp3) is 0.615. The predicted molar refractivity (Wildman–Crippen MR) is 78.9 cm³/mol. The summed E-state index contributed by atoms with van der Waals surface area (Å²) in [5, 5.41) is 18.1. The number of hydrogen-bond donors (Lipinski definition) is 1. The quantitative estimate of drug-likeness (QED) is 0.914. The Hall–Kier alpha value is -1.43. The molecule has 0 unspecified atom stereocenters. The molecule has 0 aliphatic rings. The Bertz CT molecular complexity index is 555. The minimum Gasteiger partial charge on any atom is -0.358 e. The fourth-order valence-electron chi connectivity index (χ4n) is 1.81. The van der Waals surface area contributed by atoms with E-state index in [0.717, 1.165) is 28.9 Å². The van der Waals surface area contributed by atoms with Crippen molar-refractivity contribution >= 4 is 16.5 Å². The molecule has 0 saturated heterocycles. The molecule has 0 saturated carbocycles. The highest BCUT2D eigenvalue weighted by Crippen LogP contribution is 2.22. The summed E-state index contributed by atoms with van der Waals surface area (Å²) < 4.78 is 2.04. The van der Waals surface area contributed by atoms with E-state index < -0.39 is 0 Å². The normalized spacial score (nSPS) is 11.3. The standard InChI is InChI=1S/C13H21N5S/c1-8(2)12-15-16-13(19-12)14-6-7-18-11(5)9(3)10(4)17-18/h8H,6-7H2,1-5H3,(H,14,16). The third-order valence-electron chi connectivity index (χ3n) is 3.28. The highest BCUT2D eigenvalue weighted by atomic mass is 32.1. The molecule has 0 aromatic carbocycles. The lowest BCUT2D eigenvalue weighted by atomic mass is 10.2. The molecule has 6 heteroatoms. The van der Waals surface area contributed by atoms with Gasteiger partial charge in [-0.2, -0.15) is 5.10 Å². The van der Waals surface area contributed by atoms with Crippen LogP contribution in [-0.4, -0.2) is 26.5 Å². The SMILES string of the molecule is Cc1nn(CCNc2nnc(C(C)C)s2)c(C)c1C. The second kappa shape index (κ2) is 5.69. The highest BCUT2D eigenvalue weighted by Gasteiger charge is 2.09. The van der Waals surface area contributed by atoms with Gasteiger partial charge in [0, 0.05) is 18.2 Å². The minimum absolute atomic E-state index is 0.437. The number of anilines is 1. The first-order valence-electron chi connectivity index (χ1n) is 6.57. The molecule has 2 heterocycles. The van der Waals surface area contributed by atoms with Crippen molar-refractivity contribution in [3.63, 3.8) is 0 Å². The molecule has 0 bridgehead atoms. The number of rotatable bonds is 5. The topological polar surface area (TPSA) is 55.6 Å². The molecule has 19 heavy (non-hydrogen) atoms. The maximum absolute atomic E-state index is 4.52. The molecular formula is C13H21N5S. The lowest BCUT2D eigenvalue weighted by molar-refractivity contribution is 0.614. The van der Waals surface area contributed by atoms with Crippen LogP contribution in [0.3, 0.4) is 0 Å². The molecule has 0 aliphatic carbocycles. The molecule has 0 spiro atoms. The molecule has 2 rings (SSSR count). The molecule has 2 aromatic rings. The molecule has 0 aliphatic heterocycles. The first-order chi connectivity index (χ1) is 8.99. The average Bonchev–Trinajstić information content (AvgIpc) is 2.92. The maximum atomic E-state index is 4.52. The minimum atomic E-state index is 0.437. The first kappa shape index (κ1) is 14.0. The van der Waals surface area contributed by atoms with E-state index in [0.29, 0.717) is 5.92 Å². The van der Waals surface area contributed by atoms with E-state index in [9.17, 15) is 0 Å². The number of nitrogens with one attached hydrogen (secondary N) is 1. The third kappa shape index (κ3) is 3.12. The number of aryl methyl sites for hydroxylation is 1. The summed E-state index contributed by atoms with van der Waals surface area (Å²) in [6.45, 7) is 12.2. The van der Waals surface area contributed by atoms with Gasteiger partial charge in [-0.3, -0.25) is 4.68 Å². The zero-order chi connectivity index (χ0) is 14.0. The summed E-state index contributed by atoms with van der Waals surface area (Å²) in [7, 11) is 0. The fourth-order valence-corrected chi connectivity index (χ4v) is 2.58. The molecular weight excluding hydrogens is 258 g/mol. The van der Waals surface area contributed by atoms with Crippen molar-refractivity contribution in [2.75, 3.05) is 11.9 Å². The molecule has 2 aromatic heterocycles. The van der Waals surface area contributed by atoms with Crippen LogP contribution < -0.4 is 5.32 Å². The smallest absolute Gasteiger partial charge is 0.205 e. The van der Waals surface area contributed by atoms with Crippen LogP contribution >= 0.6 is 11.3 Å². The Morgan fingerprint density at radius 1 is 1.21 bits per heavy atom. The molecule has 0 amide bonds. The van der Waals surface area contributed by atoms with Gasteiger partial charge in [0.1, 0.15) is 5.01 Å². The van der Waals surface area contributed by atoms with E-state index in [1.165, 1.54) is 11.3 Å². The van der Waals surface area contributed by atoms with Gasteiger partial charge < -0.3 is 5.32 Å². The van der Waals surface area contributed by atoms with Gasteiger partial charge in [0.25, 0.3) is 0 Å². The number of hydrogen-bond acceptors (Lipinski definition) is 5. The predicted octanol–water partition coefficient (Wildman–Crippen LogP) is 2.90. The molecule has 0 atom stereocenters. The summed E-state index contributed by atoms with van der Waals surface area (Å²) in [6.07, 6.45) is 0. The first-order valence-corrected chi connectivity index (χ1v) is 7.38. The van der Waals surface area contributed by atoms with Gasteiger partial charge in [-0.05, 0) is 26.3 Å². The lowest BCUT2D eigenvalue weighted by Gasteiger charge is -2.05. The van der Waals surface area contributed by atoms with Crippen LogP contribution in [-0.2, 0) is 6.54 Å². The van der Waals surface area contributed by atoms with Gasteiger partial charge in [-0.25, -0.2) is 0 Å². The summed E-state index contributed by atoms with van der Waals surface area (Å²) >= 11 is 1.63. The Balaban J connectivity index is 1.90. The van der Waals surface area contributed by atoms with Crippen LogP contribution in [0, 0.1) is 20.8 Å². The van der Waals surface area contributed by atoms with Crippen molar-refractivity contribution < 1.29 is 0 Å². The largest absolute Gasteiger partial charge is 0.358 e. The van der Waals surface area contributed by atoms with Crippen molar-refractivity contribution in [2.24, 2.45) is 0 Å².